The number of aliphatic hydroxyl groups excluding tert-OH is 1. The van der Waals surface area contributed by atoms with E-state index in [1.807, 2.05) is 0 Å². The van der Waals surface area contributed by atoms with E-state index in [4.69, 9.17) is 0 Å². The van der Waals surface area contributed by atoms with Gasteiger partial charge in [0.25, 0.3) is 0 Å². The molecule has 1 amide bonds. The number of carbonyl (C=O) groups excluding carboxylic acids is 1. The number of hydrogen-bond donors (Lipinski definition) is 1. The fraction of sp³-hybridized carbons (Fsp3) is 0.462. The van der Waals surface area contributed by atoms with Gasteiger partial charge >= 0.3 is 6.18 Å². The summed E-state index contributed by atoms with van der Waals surface area (Å²) in [5.41, 5.74) is -0.716. The number of halogens is 3. The topological polar surface area (TPSA) is 40.5 Å². The molecule has 0 spiro atoms. The van der Waals surface area contributed by atoms with E-state index in [-0.39, 0.29) is 11.7 Å². The molecule has 1 heterocycles. The highest BCUT2D eigenvalue weighted by Crippen LogP contribution is 2.32. The highest BCUT2D eigenvalue weighted by molar-refractivity contribution is 8.00. The van der Waals surface area contributed by atoms with Gasteiger partial charge in [-0.15, -0.1) is 11.8 Å². The Labute approximate surface area is 118 Å². The summed E-state index contributed by atoms with van der Waals surface area (Å²) in [5.74, 6) is -0.0856. The molecule has 0 aliphatic carbocycles. The number of β-amino-alcohol motifs (C(OH)–C–C–N with tert-alkyl or cyclic N) is 1. The van der Waals surface area contributed by atoms with Gasteiger partial charge in [0.2, 0.25) is 5.91 Å². The third kappa shape index (κ3) is 3.89. The van der Waals surface area contributed by atoms with Crippen LogP contribution in [0.4, 0.5) is 13.2 Å². The van der Waals surface area contributed by atoms with Crippen LogP contribution >= 0.6 is 11.8 Å². The molecular weight excluding hydrogens is 291 g/mol. The maximum atomic E-state index is 12.5. The molecule has 0 saturated carbocycles. The van der Waals surface area contributed by atoms with Gasteiger partial charge in [0.15, 0.2) is 0 Å². The minimum absolute atomic E-state index is 0.0774. The fourth-order valence-electron chi connectivity index (χ4n) is 1.97. The molecule has 1 aromatic carbocycles. The maximum absolute atomic E-state index is 12.5. The van der Waals surface area contributed by atoms with Crippen molar-refractivity contribution >= 4 is 17.7 Å². The first-order valence-corrected chi connectivity index (χ1v) is 7.11. The third-order valence-electron chi connectivity index (χ3n) is 3.04. The van der Waals surface area contributed by atoms with Crippen molar-refractivity contribution in [1.82, 2.24) is 4.90 Å². The molecule has 1 aliphatic heterocycles. The lowest BCUT2D eigenvalue weighted by atomic mass is 10.2. The Morgan fingerprint density at radius 1 is 1.45 bits per heavy atom. The van der Waals surface area contributed by atoms with E-state index in [1.165, 1.54) is 11.0 Å². The van der Waals surface area contributed by atoms with E-state index in [9.17, 15) is 23.1 Å². The van der Waals surface area contributed by atoms with Crippen molar-refractivity contribution in [2.24, 2.45) is 0 Å². The minimum atomic E-state index is -4.38. The van der Waals surface area contributed by atoms with E-state index in [1.54, 1.807) is 6.07 Å². The summed E-state index contributed by atoms with van der Waals surface area (Å²) in [6.07, 6.45) is -4.31. The number of alkyl halides is 3. The van der Waals surface area contributed by atoms with Crippen LogP contribution in [0, 0.1) is 0 Å². The SMILES string of the molecule is O=C(CSc1cccc(C(F)(F)F)c1)N1CC[C@@H](O)C1. The lowest BCUT2D eigenvalue weighted by Gasteiger charge is -2.15. The molecule has 1 atom stereocenters. The Kier molecular flexibility index (Phi) is 4.59. The lowest BCUT2D eigenvalue weighted by Crippen LogP contribution is -2.30. The van der Waals surface area contributed by atoms with Crippen molar-refractivity contribution in [2.75, 3.05) is 18.8 Å². The Hall–Kier alpha value is -1.21. The largest absolute Gasteiger partial charge is 0.416 e. The summed E-state index contributed by atoms with van der Waals surface area (Å²) in [6, 6.07) is 4.92. The van der Waals surface area contributed by atoms with Crippen LogP contribution in [-0.4, -0.2) is 40.9 Å². The minimum Gasteiger partial charge on any atom is -0.391 e. The molecule has 1 N–H and O–H groups in total. The zero-order valence-corrected chi connectivity index (χ0v) is 11.4. The fourth-order valence-corrected chi connectivity index (χ4v) is 2.82. The number of likely N-dealkylation sites (tertiary alicyclic amines) is 1. The number of aliphatic hydroxyl groups is 1. The highest BCUT2D eigenvalue weighted by atomic mass is 32.2. The molecule has 110 valence electrons. The molecule has 0 radical (unpaired) electrons. The Morgan fingerprint density at radius 2 is 2.20 bits per heavy atom. The van der Waals surface area contributed by atoms with Gasteiger partial charge in [0.1, 0.15) is 0 Å². The molecule has 3 nitrogen and oxygen atoms in total. The highest BCUT2D eigenvalue weighted by Gasteiger charge is 2.30. The van der Waals surface area contributed by atoms with Crippen molar-refractivity contribution in [1.29, 1.82) is 0 Å². The molecule has 2 rings (SSSR count). The van der Waals surface area contributed by atoms with Gasteiger partial charge in [-0.2, -0.15) is 13.2 Å². The second-order valence-corrected chi connectivity index (χ2v) is 5.65. The second-order valence-electron chi connectivity index (χ2n) is 4.60. The average molecular weight is 305 g/mol. The molecule has 0 unspecified atom stereocenters. The lowest BCUT2D eigenvalue weighted by molar-refractivity contribution is -0.137. The predicted molar refractivity (Wildman–Crippen MR) is 69.4 cm³/mol. The molecule has 20 heavy (non-hydrogen) atoms. The van der Waals surface area contributed by atoms with Crippen molar-refractivity contribution in [3.8, 4) is 0 Å². The summed E-state index contributed by atoms with van der Waals surface area (Å²) in [5, 5.41) is 9.33. The summed E-state index contributed by atoms with van der Waals surface area (Å²) < 4.78 is 37.6. The van der Waals surface area contributed by atoms with E-state index >= 15 is 0 Å². The van der Waals surface area contributed by atoms with Crippen molar-refractivity contribution in [3.63, 3.8) is 0 Å². The molecule has 1 saturated heterocycles. The van der Waals surface area contributed by atoms with Crippen LogP contribution in [0.2, 0.25) is 0 Å². The molecule has 7 heteroatoms. The van der Waals surface area contributed by atoms with Gasteiger partial charge in [-0.05, 0) is 24.6 Å². The van der Waals surface area contributed by atoms with Crippen molar-refractivity contribution < 1.29 is 23.1 Å². The average Bonchev–Trinajstić information content (AvgIpc) is 2.82. The van der Waals surface area contributed by atoms with E-state index in [2.05, 4.69) is 0 Å². The van der Waals surface area contributed by atoms with E-state index < -0.39 is 17.8 Å². The first-order valence-electron chi connectivity index (χ1n) is 6.12. The molecule has 0 aromatic heterocycles. The normalized spacial score (nSPS) is 19.4. The first kappa shape index (κ1) is 15.2. The Morgan fingerprint density at radius 3 is 2.80 bits per heavy atom. The van der Waals surface area contributed by atoms with Crippen LogP contribution < -0.4 is 0 Å². The van der Waals surface area contributed by atoms with E-state index in [0.29, 0.717) is 24.4 Å². The summed E-state index contributed by atoms with van der Waals surface area (Å²) in [7, 11) is 0. The molecule has 0 bridgehead atoms. The third-order valence-corrected chi connectivity index (χ3v) is 4.02. The quantitative estimate of drug-likeness (QED) is 0.872. The predicted octanol–water partition coefficient (Wildman–Crippen LogP) is 2.39. The number of carbonyl (C=O) groups is 1. The zero-order valence-electron chi connectivity index (χ0n) is 10.6. The Balaban J connectivity index is 1.92. The maximum Gasteiger partial charge on any atom is 0.416 e. The van der Waals surface area contributed by atoms with Crippen LogP contribution in [-0.2, 0) is 11.0 Å². The molecule has 1 aliphatic rings. The number of nitrogens with zero attached hydrogens (tertiary/aromatic N) is 1. The van der Waals surface area contributed by atoms with Gasteiger partial charge in [-0.1, -0.05) is 6.07 Å². The first-order chi connectivity index (χ1) is 9.36. The monoisotopic (exact) mass is 305 g/mol. The van der Waals surface area contributed by atoms with Crippen molar-refractivity contribution in [2.45, 2.75) is 23.6 Å². The van der Waals surface area contributed by atoms with Gasteiger partial charge in [-0.3, -0.25) is 4.79 Å². The van der Waals surface area contributed by atoms with Crippen LogP contribution in [0.5, 0.6) is 0 Å². The van der Waals surface area contributed by atoms with Gasteiger partial charge in [0, 0.05) is 18.0 Å². The summed E-state index contributed by atoms with van der Waals surface area (Å²) in [6.45, 7) is 0.811. The summed E-state index contributed by atoms with van der Waals surface area (Å²) in [4.78, 5) is 13.8. The smallest absolute Gasteiger partial charge is 0.391 e. The van der Waals surface area contributed by atoms with Gasteiger partial charge in [-0.25, -0.2) is 0 Å². The zero-order chi connectivity index (χ0) is 14.8. The van der Waals surface area contributed by atoms with Gasteiger partial charge < -0.3 is 10.0 Å². The number of hydrogen-bond acceptors (Lipinski definition) is 3. The summed E-state index contributed by atoms with van der Waals surface area (Å²) >= 11 is 1.07. The molecular formula is C13H14F3NO2S. The Bertz CT molecular complexity index is 493. The standard InChI is InChI=1S/C13H14F3NO2S/c14-13(15,16)9-2-1-3-11(6-9)20-8-12(19)17-5-4-10(18)7-17/h1-3,6,10,18H,4-5,7-8H2/t10-/m1/s1. The van der Waals surface area contributed by atoms with Crippen LogP contribution in [0.25, 0.3) is 0 Å². The van der Waals surface area contributed by atoms with E-state index in [0.717, 1.165) is 23.9 Å². The number of thioether (sulfide) groups is 1. The van der Waals surface area contributed by atoms with Crippen LogP contribution in [0.1, 0.15) is 12.0 Å². The van der Waals surface area contributed by atoms with Gasteiger partial charge in [0.05, 0.1) is 17.4 Å². The van der Waals surface area contributed by atoms with Crippen molar-refractivity contribution in [3.05, 3.63) is 29.8 Å². The molecule has 1 aromatic rings. The van der Waals surface area contributed by atoms with Crippen LogP contribution in [0.3, 0.4) is 0 Å². The number of benzene rings is 1. The number of rotatable bonds is 3. The second kappa shape index (κ2) is 6.05. The molecule has 1 fully saturated rings. The number of amides is 1. The van der Waals surface area contributed by atoms with Crippen LogP contribution in [0.15, 0.2) is 29.2 Å².